The van der Waals surface area contributed by atoms with Crippen LogP contribution in [0.25, 0.3) is 0 Å². The lowest BCUT2D eigenvalue weighted by atomic mass is 9.66. The van der Waals surface area contributed by atoms with E-state index in [1.54, 1.807) is 0 Å². The van der Waals surface area contributed by atoms with Gasteiger partial charge in [0.25, 0.3) is 0 Å². The zero-order chi connectivity index (χ0) is 40.8. The van der Waals surface area contributed by atoms with Gasteiger partial charge in [0, 0.05) is 28.3 Å². The monoisotopic (exact) mass is 822 g/mol. The fourth-order valence-corrected chi connectivity index (χ4v) is 15.4. The molecule has 58 heavy (non-hydrogen) atoms. The van der Waals surface area contributed by atoms with Crippen LogP contribution < -0.4 is 0 Å². The van der Waals surface area contributed by atoms with Crippen molar-refractivity contribution in [3.05, 3.63) is 36.5 Å². The highest BCUT2D eigenvalue weighted by Crippen LogP contribution is 2.62. The van der Waals surface area contributed by atoms with Crippen molar-refractivity contribution in [3.63, 3.8) is 0 Å². The normalized spacial score (nSPS) is 40.2. The van der Waals surface area contributed by atoms with Crippen LogP contribution in [0.5, 0.6) is 0 Å². The molecule has 4 saturated carbocycles. The second-order valence-corrected chi connectivity index (χ2v) is 20.5. The number of carboxylic acids is 3. The molecule has 12 nitrogen and oxygen atoms in total. The molecule has 0 aromatic carbocycles. The van der Waals surface area contributed by atoms with Crippen LogP contribution in [0.3, 0.4) is 0 Å². The van der Waals surface area contributed by atoms with Gasteiger partial charge in [-0.25, -0.2) is 0 Å². The van der Waals surface area contributed by atoms with Crippen LogP contribution in [0.4, 0.5) is 0 Å². The van der Waals surface area contributed by atoms with Crippen LogP contribution in [0.2, 0.25) is 0 Å². The molecule has 5 fully saturated rings. The Morgan fingerprint density at radius 2 is 1.16 bits per heavy atom. The van der Waals surface area contributed by atoms with Gasteiger partial charge in [0.15, 0.2) is 0 Å². The predicted octanol–water partition coefficient (Wildman–Crippen LogP) is 7.29. The van der Waals surface area contributed by atoms with E-state index in [1.165, 1.54) is 0 Å². The third-order valence-electron chi connectivity index (χ3n) is 15.6. The minimum absolute atomic E-state index is 0.0281. The third kappa shape index (κ3) is 8.26. The van der Waals surface area contributed by atoms with Crippen LogP contribution in [-0.2, 0) is 43.0 Å². The minimum atomic E-state index is -1.22. The number of hydrogen-bond donors (Lipinski definition) is 3. The summed E-state index contributed by atoms with van der Waals surface area (Å²) < 4.78 is 18.9. The minimum Gasteiger partial charge on any atom is -0.481 e. The molecule has 6 aliphatic carbocycles. The molecule has 2 aliphatic heterocycles. The smallest absolute Gasteiger partial charge is 0.317 e. The van der Waals surface area contributed by atoms with Crippen molar-refractivity contribution in [2.45, 2.75) is 149 Å². The summed E-state index contributed by atoms with van der Waals surface area (Å²) in [6.07, 6.45) is 24.1. The average molecular weight is 823 g/mol. The molecule has 2 heterocycles. The van der Waals surface area contributed by atoms with E-state index in [2.05, 4.69) is 36.5 Å². The standard InChI is InChI=1S/C45H58O12S/c46-36(47)21-39(52)55-43(13-3-4-14-43)42-30-8-7-28(19-30)32(42)18-27-12-15-44(25-27,56-40(53)22-37(48)49)33-6-2-1-5-29(33)17-26-11-16-45(24-26,57-41(54)23-38(50)51)34-20-31-9-10-35(34)58-31/h1-2,7-10,26-35,42H,3-6,11-25H2,(H,46,47)(H,48,49)(H,50,51). The van der Waals surface area contributed by atoms with Crippen molar-refractivity contribution in [1.82, 2.24) is 0 Å². The molecule has 13 atom stereocenters. The van der Waals surface area contributed by atoms with E-state index in [9.17, 15) is 44.1 Å². The first-order chi connectivity index (χ1) is 27.8. The first-order valence-electron chi connectivity index (χ1n) is 21.7. The summed E-state index contributed by atoms with van der Waals surface area (Å²) in [6.45, 7) is 0. The molecule has 13 heteroatoms. The SMILES string of the molecule is O=C(O)CC(=O)OC1(C2CC=CCC2CC2CCC(OC(=O)CC(=O)O)(C3CC4C=CC3S4)C2)CCC(CC2C3C=CC(C3)C2C2(OC(=O)CC(=O)O)CCCC2)C1. The molecule has 8 rings (SSSR count). The Morgan fingerprint density at radius 1 is 0.603 bits per heavy atom. The van der Waals surface area contributed by atoms with Gasteiger partial charge in [0.1, 0.15) is 36.1 Å². The van der Waals surface area contributed by atoms with Gasteiger partial charge in [-0.2, -0.15) is 0 Å². The van der Waals surface area contributed by atoms with Gasteiger partial charge in [-0.3, -0.25) is 28.8 Å². The fraction of sp³-hybridized carbons (Fsp3) is 0.733. The van der Waals surface area contributed by atoms with Crippen molar-refractivity contribution in [1.29, 1.82) is 0 Å². The number of hydrogen-bond acceptors (Lipinski definition) is 10. The highest BCUT2D eigenvalue weighted by Gasteiger charge is 2.60. The number of thioether (sulfide) groups is 1. The molecule has 4 bridgehead atoms. The number of carboxylic acid groups (broad SMARTS) is 3. The number of aliphatic carboxylic acids is 3. The van der Waals surface area contributed by atoms with E-state index in [0.29, 0.717) is 43.3 Å². The van der Waals surface area contributed by atoms with E-state index in [0.717, 1.165) is 70.6 Å². The summed E-state index contributed by atoms with van der Waals surface area (Å²) in [4.78, 5) is 73.8. The largest absolute Gasteiger partial charge is 0.481 e. The maximum absolute atomic E-state index is 13.4. The van der Waals surface area contributed by atoms with Gasteiger partial charge in [0.05, 0.1) is 0 Å². The van der Waals surface area contributed by atoms with Crippen molar-refractivity contribution in [2.24, 2.45) is 53.3 Å². The van der Waals surface area contributed by atoms with Crippen molar-refractivity contribution in [3.8, 4) is 0 Å². The van der Waals surface area contributed by atoms with E-state index >= 15 is 0 Å². The van der Waals surface area contributed by atoms with E-state index in [-0.39, 0.29) is 52.6 Å². The maximum atomic E-state index is 13.4. The number of fused-ring (bicyclic) bond motifs is 4. The Balaban J connectivity index is 1.01. The summed E-state index contributed by atoms with van der Waals surface area (Å²) >= 11 is 1.89. The van der Waals surface area contributed by atoms with Gasteiger partial charge in [-0.15, -0.1) is 11.8 Å². The van der Waals surface area contributed by atoms with Crippen LogP contribution in [0.15, 0.2) is 36.5 Å². The molecule has 0 radical (unpaired) electrons. The molecule has 0 aromatic rings. The Labute approximate surface area is 343 Å². The van der Waals surface area contributed by atoms with Crippen LogP contribution in [-0.4, -0.2) is 78.4 Å². The molecular formula is C45H58O12S. The van der Waals surface area contributed by atoms with E-state index in [1.807, 2.05) is 11.8 Å². The Kier molecular flexibility index (Phi) is 11.7. The zero-order valence-electron chi connectivity index (χ0n) is 33.2. The third-order valence-corrected chi connectivity index (χ3v) is 17.1. The van der Waals surface area contributed by atoms with Crippen LogP contribution in [0, 0.1) is 53.3 Å². The van der Waals surface area contributed by atoms with Gasteiger partial charge in [-0.05, 0) is 138 Å². The number of allylic oxidation sites excluding steroid dienone is 4. The number of carbonyl (C=O) groups is 6. The molecule has 8 aliphatic rings. The lowest BCUT2D eigenvalue weighted by Crippen LogP contribution is -2.47. The first-order valence-corrected chi connectivity index (χ1v) is 22.7. The van der Waals surface area contributed by atoms with Gasteiger partial charge < -0.3 is 29.5 Å². The second kappa shape index (κ2) is 16.4. The van der Waals surface area contributed by atoms with Gasteiger partial charge in [-0.1, -0.05) is 36.5 Å². The molecule has 316 valence electrons. The molecule has 1 saturated heterocycles. The summed E-state index contributed by atoms with van der Waals surface area (Å²) in [5, 5.41) is 28.9. The van der Waals surface area contributed by atoms with Crippen LogP contribution >= 0.6 is 11.8 Å². The molecule has 0 spiro atoms. The van der Waals surface area contributed by atoms with Crippen molar-refractivity contribution >= 4 is 47.6 Å². The summed E-state index contributed by atoms with van der Waals surface area (Å²) in [5.74, 6) is -4.10. The highest BCUT2D eigenvalue weighted by atomic mass is 32.2. The van der Waals surface area contributed by atoms with E-state index < -0.39 is 71.9 Å². The van der Waals surface area contributed by atoms with Crippen molar-refractivity contribution in [2.75, 3.05) is 0 Å². The number of esters is 3. The predicted molar refractivity (Wildman–Crippen MR) is 211 cm³/mol. The quantitative estimate of drug-likeness (QED) is 0.0609. The molecule has 3 N–H and O–H groups in total. The second-order valence-electron chi connectivity index (χ2n) is 19.0. The van der Waals surface area contributed by atoms with Crippen LogP contribution in [0.1, 0.15) is 122 Å². The Hall–Kier alpha value is -3.61. The topological polar surface area (TPSA) is 191 Å². The van der Waals surface area contributed by atoms with Gasteiger partial charge >= 0.3 is 35.8 Å². The average Bonchev–Trinajstić information content (AvgIpc) is 4.01. The zero-order valence-corrected chi connectivity index (χ0v) is 34.0. The lowest BCUT2D eigenvalue weighted by Gasteiger charge is -2.44. The fourth-order valence-electron chi connectivity index (χ4n) is 13.7. The lowest BCUT2D eigenvalue weighted by molar-refractivity contribution is -0.173. The Bertz CT molecular complexity index is 1750. The highest BCUT2D eigenvalue weighted by molar-refractivity contribution is 8.01. The maximum Gasteiger partial charge on any atom is 0.317 e. The number of rotatable bonds is 16. The molecular weight excluding hydrogens is 765 g/mol. The van der Waals surface area contributed by atoms with Crippen molar-refractivity contribution < 1.29 is 58.3 Å². The molecule has 0 aromatic heterocycles. The first kappa shape index (κ1) is 41.1. The summed E-state index contributed by atoms with van der Waals surface area (Å²) in [7, 11) is 0. The summed E-state index contributed by atoms with van der Waals surface area (Å²) in [6, 6.07) is 0. The molecule has 0 amide bonds. The van der Waals surface area contributed by atoms with E-state index in [4.69, 9.17) is 14.2 Å². The molecule has 13 unspecified atom stereocenters. The Morgan fingerprint density at radius 3 is 1.72 bits per heavy atom. The van der Waals surface area contributed by atoms with Gasteiger partial charge in [0.2, 0.25) is 0 Å². The number of ether oxygens (including phenoxy) is 3. The number of carbonyl (C=O) groups excluding carboxylic acids is 3. The summed E-state index contributed by atoms with van der Waals surface area (Å²) in [5.41, 5.74) is -2.25.